The zero-order valence-corrected chi connectivity index (χ0v) is 9.48. The number of anilines is 1. The number of rotatable bonds is 6. The molecule has 4 heteroatoms. The lowest BCUT2D eigenvalue weighted by Gasteiger charge is -2.22. The Balaban J connectivity index is 2.79. The summed E-state index contributed by atoms with van der Waals surface area (Å²) >= 11 is 0. The highest BCUT2D eigenvalue weighted by Crippen LogP contribution is 2.11. The van der Waals surface area contributed by atoms with Gasteiger partial charge in [0, 0.05) is 24.8 Å². The maximum atomic E-state index is 8.97. The summed E-state index contributed by atoms with van der Waals surface area (Å²) in [5.74, 6) is 0.915. The largest absolute Gasteiger partial charge is 0.395 e. The molecular weight excluding hydrogens is 190 g/mol. The quantitative estimate of drug-likeness (QED) is 0.766. The topological polar surface area (TPSA) is 49.2 Å². The third kappa shape index (κ3) is 3.47. The summed E-state index contributed by atoms with van der Waals surface area (Å²) in [6, 6.07) is 1.99. The monoisotopic (exact) mass is 209 g/mol. The van der Waals surface area contributed by atoms with Crippen LogP contribution in [-0.4, -0.2) is 34.8 Å². The van der Waals surface area contributed by atoms with Gasteiger partial charge in [-0.3, -0.25) is 0 Å². The Labute approximate surface area is 91.0 Å². The highest BCUT2D eigenvalue weighted by Gasteiger charge is 2.06. The molecule has 4 nitrogen and oxygen atoms in total. The molecule has 1 heterocycles. The average molecular weight is 209 g/mol. The van der Waals surface area contributed by atoms with Gasteiger partial charge in [0.1, 0.15) is 12.1 Å². The van der Waals surface area contributed by atoms with Crippen LogP contribution in [0.15, 0.2) is 12.4 Å². The minimum absolute atomic E-state index is 0.158. The van der Waals surface area contributed by atoms with E-state index in [4.69, 9.17) is 5.11 Å². The first-order valence-electron chi connectivity index (χ1n) is 5.48. The van der Waals surface area contributed by atoms with Gasteiger partial charge in [-0.15, -0.1) is 0 Å². The second-order valence-corrected chi connectivity index (χ2v) is 3.43. The van der Waals surface area contributed by atoms with Crippen LogP contribution in [0.25, 0.3) is 0 Å². The lowest BCUT2D eigenvalue weighted by molar-refractivity contribution is 0.301. The predicted octanol–water partition coefficient (Wildman–Crippen LogP) is 1.25. The van der Waals surface area contributed by atoms with Crippen molar-refractivity contribution in [3.8, 4) is 0 Å². The Hall–Kier alpha value is -1.16. The molecule has 0 aliphatic heterocycles. The fourth-order valence-electron chi connectivity index (χ4n) is 1.48. The summed E-state index contributed by atoms with van der Waals surface area (Å²) in [6.07, 6.45) is 3.55. The minimum atomic E-state index is 0.158. The van der Waals surface area contributed by atoms with E-state index >= 15 is 0 Å². The molecule has 0 saturated carbocycles. The summed E-state index contributed by atoms with van der Waals surface area (Å²) in [7, 11) is 0. The lowest BCUT2D eigenvalue weighted by atomic mass is 10.3. The summed E-state index contributed by atoms with van der Waals surface area (Å²) in [5, 5.41) is 8.97. The number of hydrogen-bond acceptors (Lipinski definition) is 4. The Morgan fingerprint density at radius 2 is 2.07 bits per heavy atom. The maximum Gasteiger partial charge on any atom is 0.132 e. The molecule has 1 aromatic heterocycles. The van der Waals surface area contributed by atoms with Crippen molar-refractivity contribution in [2.45, 2.75) is 26.7 Å². The van der Waals surface area contributed by atoms with Crippen LogP contribution in [0.3, 0.4) is 0 Å². The minimum Gasteiger partial charge on any atom is -0.395 e. The fraction of sp³-hybridized carbons (Fsp3) is 0.636. The first-order valence-corrected chi connectivity index (χ1v) is 5.48. The molecule has 15 heavy (non-hydrogen) atoms. The number of hydrogen-bond donors (Lipinski definition) is 1. The van der Waals surface area contributed by atoms with Gasteiger partial charge in [0.15, 0.2) is 0 Å². The first kappa shape index (κ1) is 11.9. The molecule has 0 aliphatic rings. The third-order valence-electron chi connectivity index (χ3n) is 2.26. The molecule has 1 N–H and O–H groups in total. The molecule has 0 bridgehead atoms. The molecule has 0 atom stereocenters. The molecule has 0 aromatic carbocycles. The van der Waals surface area contributed by atoms with Gasteiger partial charge in [-0.2, -0.15) is 0 Å². The Morgan fingerprint density at radius 1 is 1.27 bits per heavy atom. The summed E-state index contributed by atoms with van der Waals surface area (Å²) < 4.78 is 0. The molecule has 84 valence electrons. The Kier molecular flexibility index (Phi) is 5.04. The van der Waals surface area contributed by atoms with Crippen LogP contribution in [-0.2, 0) is 6.42 Å². The van der Waals surface area contributed by atoms with E-state index in [9.17, 15) is 0 Å². The van der Waals surface area contributed by atoms with Gasteiger partial charge in [0.25, 0.3) is 0 Å². The second kappa shape index (κ2) is 6.35. The van der Waals surface area contributed by atoms with E-state index in [1.54, 1.807) is 6.33 Å². The number of aliphatic hydroxyl groups is 1. The van der Waals surface area contributed by atoms with Crippen LogP contribution in [0, 0.1) is 0 Å². The molecule has 0 aliphatic carbocycles. The van der Waals surface area contributed by atoms with E-state index in [0.717, 1.165) is 30.9 Å². The van der Waals surface area contributed by atoms with Crippen LogP contribution < -0.4 is 4.90 Å². The normalized spacial score (nSPS) is 10.3. The highest BCUT2D eigenvalue weighted by molar-refractivity contribution is 5.38. The summed E-state index contributed by atoms with van der Waals surface area (Å²) in [5.41, 5.74) is 1.04. The molecule has 0 amide bonds. The maximum absolute atomic E-state index is 8.97. The van der Waals surface area contributed by atoms with E-state index < -0.39 is 0 Å². The average Bonchev–Trinajstić information content (AvgIpc) is 2.29. The number of aromatic nitrogens is 2. The molecular formula is C11H19N3O. The van der Waals surface area contributed by atoms with Crippen molar-refractivity contribution in [3.05, 3.63) is 18.1 Å². The first-order chi connectivity index (χ1) is 7.31. The van der Waals surface area contributed by atoms with Crippen molar-refractivity contribution in [1.82, 2.24) is 9.97 Å². The van der Waals surface area contributed by atoms with Crippen molar-refractivity contribution >= 4 is 5.82 Å². The SMILES string of the molecule is CCCN(CCO)c1cc(CC)ncn1. The van der Waals surface area contributed by atoms with Gasteiger partial charge in [-0.25, -0.2) is 9.97 Å². The molecule has 0 spiro atoms. The lowest BCUT2D eigenvalue weighted by Crippen LogP contribution is -2.28. The zero-order valence-electron chi connectivity index (χ0n) is 9.48. The molecule has 1 aromatic rings. The molecule has 0 saturated heterocycles. The summed E-state index contributed by atoms with van der Waals surface area (Å²) in [6.45, 7) is 5.90. The highest BCUT2D eigenvalue weighted by atomic mass is 16.3. The smallest absolute Gasteiger partial charge is 0.132 e. The van der Waals surface area contributed by atoms with Gasteiger partial charge >= 0.3 is 0 Å². The molecule has 1 rings (SSSR count). The van der Waals surface area contributed by atoms with Crippen molar-refractivity contribution < 1.29 is 5.11 Å². The van der Waals surface area contributed by atoms with Crippen LogP contribution in [0.1, 0.15) is 26.0 Å². The Bertz CT molecular complexity index is 285. The van der Waals surface area contributed by atoms with Crippen molar-refractivity contribution in [3.63, 3.8) is 0 Å². The number of aliphatic hydroxyl groups excluding tert-OH is 1. The van der Waals surface area contributed by atoms with E-state index in [-0.39, 0.29) is 6.61 Å². The molecule has 0 unspecified atom stereocenters. The van der Waals surface area contributed by atoms with E-state index in [0.29, 0.717) is 6.54 Å². The van der Waals surface area contributed by atoms with Gasteiger partial charge in [-0.1, -0.05) is 13.8 Å². The van der Waals surface area contributed by atoms with Crippen molar-refractivity contribution in [2.75, 3.05) is 24.6 Å². The second-order valence-electron chi connectivity index (χ2n) is 3.43. The Morgan fingerprint density at radius 3 is 2.67 bits per heavy atom. The zero-order chi connectivity index (χ0) is 11.1. The van der Waals surface area contributed by atoms with Crippen molar-refractivity contribution in [2.24, 2.45) is 0 Å². The van der Waals surface area contributed by atoms with Crippen LogP contribution in [0.5, 0.6) is 0 Å². The van der Waals surface area contributed by atoms with Crippen molar-refractivity contribution in [1.29, 1.82) is 0 Å². The number of nitrogens with zero attached hydrogens (tertiary/aromatic N) is 3. The molecule has 0 fully saturated rings. The van der Waals surface area contributed by atoms with Gasteiger partial charge in [0.05, 0.1) is 6.61 Å². The standard InChI is InChI=1S/C11H19N3O/c1-3-5-14(6-7-15)11-8-10(4-2)12-9-13-11/h8-9,15H,3-7H2,1-2H3. The third-order valence-corrected chi connectivity index (χ3v) is 2.26. The molecule has 0 radical (unpaired) electrons. The van der Waals surface area contributed by atoms with Crippen LogP contribution >= 0.6 is 0 Å². The van der Waals surface area contributed by atoms with Crippen LogP contribution in [0.4, 0.5) is 5.82 Å². The number of aryl methyl sites for hydroxylation is 1. The van der Waals surface area contributed by atoms with E-state index in [1.165, 1.54) is 0 Å². The van der Waals surface area contributed by atoms with Gasteiger partial charge < -0.3 is 10.0 Å². The van der Waals surface area contributed by atoms with Gasteiger partial charge in [-0.05, 0) is 12.8 Å². The summed E-state index contributed by atoms with van der Waals surface area (Å²) in [4.78, 5) is 10.5. The predicted molar refractivity (Wildman–Crippen MR) is 61.0 cm³/mol. The van der Waals surface area contributed by atoms with Gasteiger partial charge in [0.2, 0.25) is 0 Å². The van der Waals surface area contributed by atoms with Crippen LogP contribution in [0.2, 0.25) is 0 Å². The fourth-order valence-corrected chi connectivity index (χ4v) is 1.48. The van der Waals surface area contributed by atoms with E-state index in [2.05, 4.69) is 28.7 Å². The van der Waals surface area contributed by atoms with E-state index in [1.807, 2.05) is 6.07 Å².